The van der Waals surface area contributed by atoms with Gasteiger partial charge in [-0.2, -0.15) is 0 Å². The fourth-order valence-electron chi connectivity index (χ4n) is 3.00. The molecule has 1 atom stereocenters. The van der Waals surface area contributed by atoms with Gasteiger partial charge in [0.2, 0.25) is 0 Å². The number of aryl methyl sites for hydroxylation is 2. The van der Waals surface area contributed by atoms with E-state index in [9.17, 15) is 4.79 Å². The van der Waals surface area contributed by atoms with Crippen molar-refractivity contribution in [3.05, 3.63) is 47.2 Å². The molecule has 134 valence electrons. The number of hydrogen-bond donors (Lipinski definition) is 1. The molecule has 6 heteroatoms. The van der Waals surface area contributed by atoms with Crippen molar-refractivity contribution in [1.29, 1.82) is 0 Å². The number of benzene rings is 1. The maximum Gasteiger partial charge on any atom is 0.273 e. The molecule has 0 radical (unpaired) electrons. The highest BCUT2D eigenvalue weighted by atomic mass is 16.5. The Kier molecular flexibility index (Phi) is 5.71. The molecule has 1 N–H and O–H groups in total. The fraction of sp³-hybridized carbons (Fsp3) is 0.474. The first kappa shape index (κ1) is 17.5. The average Bonchev–Trinajstić information content (AvgIpc) is 3.27. The van der Waals surface area contributed by atoms with Crippen LogP contribution in [0.3, 0.4) is 0 Å². The largest absolute Gasteiger partial charge is 0.493 e. The van der Waals surface area contributed by atoms with Crippen molar-refractivity contribution in [2.24, 2.45) is 0 Å². The summed E-state index contributed by atoms with van der Waals surface area (Å²) in [5.74, 6) is 1.22. The third-order valence-electron chi connectivity index (χ3n) is 4.29. The van der Waals surface area contributed by atoms with Gasteiger partial charge in [0.15, 0.2) is 17.8 Å². The molecule has 1 fully saturated rings. The second kappa shape index (κ2) is 8.16. The van der Waals surface area contributed by atoms with Gasteiger partial charge in [0.05, 0.1) is 6.61 Å². The Balaban J connectivity index is 1.45. The standard InChI is InChI=1S/C19H24N2O4/c1-13-6-3-7-14(2)17(13)24-11-5-9-20-19(22)16-18(25-12-21-16)15-8-4-10-23-15/h3,6-7,12,15H,4-5,8-11H2,1-2H3,(H,20,22)/t15-/m0/s1. The van der Waals surface area contributed by atoms with E-state index in [-0.39, 0.29) is 12.0 Å². The topological polar surface area (TPSA) is 73.6 Å². The van der Waals surface area contributed by atoms with E-state index in [0.717, 1.165) is 29.7 Å². The number of rotatable bonds is 7. The smallest absolute Gasteiger partial charge is 0.273 e. The summed E-state index contributed by atoms with van der Waals surface area (Å²) in [4.78, 5) is 16.3. The lowest BCUT2D eigenvalue weighted by atomic mass is 10.1. The number of carbonyl (C=O) groups excluding carboxylic acids is 1. The Hall–Kier alpha value is -2.34. The first-order valence-electron chi connectivity index (χ1n) is 8.69. The van der Waals surface area contributed by atoms with Crippen molar-refractivity contribution in [3.8, 4) is 5.75 Å². The predicted octanol–water partition coefficient (Wildman–Crippen LogP) is 3.34. The molecular formula is C19H24N2O4. The molecule has 2 aromatic rings. The van der Waals surface area contributed by atoms with Gasteiger partial charge >= 0.3 is 0 Å². The van der Waals surface area contributed by atoms with Crippen molar-refractivity contribution in [2.45, 2.75) is 39.2 Å². The minimum absolute atomic E-state index is 0.157. The van der Waals surface area contributed by atoms with Crippen LogP contribution < -0.4 is 10.1 Å². The number of carbonyl (C=O) groups is 1. The van der Waals surface area contributed by atoms with Gasteiger partial charge in [-0.25, -0.2) is 4.98 Å². The van der Waals surface area contributed by atoms with Crippen LogP contribution in [0.4, 0.5) is 0 Å². The number of amides is 1. The average molecular weight is 344 g/mol. The van der Waals surface area contributed by atoms with Gasteiger partial charge in [0.1, 0.15) is 11.9 Å². The Morgan fingerprint density at radius 1 is 1.36 bits per heavy atom. The van der Waals surface area contributed by atoms with Gasteiger partial charge in [-0.15, -0.1) is 0 Å². The zero-order chi connectivity index (χ0) is 17.6. The molecule has 1 aromatic carbocycles. The third-order valence-corrected chi connectivity index (χ3v) is 4.29. The van der Waals surface area contributed by atoms with E-state index in [2.05, 4.69) is 10.3 Å². The number of para-hydroxylation sites is 1. The maximum atomic E-state index is 12.3. The molecule has 1 aliphatic rings. The normalized spacial score (nSPS) is 16.8. The first-order chi connectivity index (χ1) is 12.2. The van der Waals surface area contributed by atoms with Crippen LogP contribution in [0.25, 0.3) is 0 Å². The van der Waals surface area contributed by atoms with Crippen molar-refractivity contribution in [1.82, 2.24) is 10.3 Å². The molecule has 0 aliphatic carbocycles. The summed E-state index contributed by atoms with van der Waals surface area (Å²) in [5.41, 5.74) is 2.56. The quantitative estimate of drug-likeness (QED) is 0.780. The van der Waals surface area contributed by atoms with Crippen LogP contribution in [0.15, 0.2) is 29.0 Å². The fourth-order valence-corrected chi connectivity index (χ4v) is 3.00. The predicted molar refractivity (Wildman–Crippen MR) is 92.8 cm³/mol. The molecule has 1 aromatic heterocycles. The molecular weight excluding hydrogens is 320 g/mol. The highest BCUT2D eigenvalue weighted by Gasteiger charge is 2.27. The van der Waals surface area contributed by atoms with E-state index in [1.807, 2.05) is 32.0 Å². The maximum absolute atomic E-state index is 12.3. The molecule has 0 bridgehead atoms. The SMILES string of the molecule is Cc1cccc(C)c1OCCCNC(=O)c1ncoc1[C@@H]1CCCO1. The van der Waals surface area contributed by atoms with Gasteiger partial charge in [-0.3, -0.25) is 4.79 Å². The first-order valence-corrected chi connectivity index (χ1v) is 8.69. The summed E-state index contributed by atoms with van der Waals surface area (Å²) >= 11 is 0. The summed E-state index contributed by atoms with van der Waals surface area (Å²) in [6, 6.07) is 6.07. The van der Waals surface area contributed by atoms with Crippen molar-refractivity contribution in [2.75, 3.05) is 19.8 Å². The molecule has 25 heavy (non-hydrogen) atoms. The summed E-state index contributed by atoms with van der Waals surface area (Å²) in [7, 11) is 0. The Morgan fingerprint density at radius 2 is 2.16 bits per heavy atom. The zero-order valence-electron chi connectivity index (χ0n) is 14.7. The van der Waals surface area contributed by atoms with Crippen LogP contribution >= 0.6 is 0 Å². The monoisotopic (exact) mass is 344 g/mol. The van der Waals surface area contributed by atoms with E-state index in [1.165, 1.54) is 6.39 Å². The number of hydrogen-bond acceptors (Lipinski definition) is 5. The van der Waals surface area contributed by atoms with E-state index in [4.69, 9.17) is 13.9 Å². The Morgan fingerprint density at radius 3 is 2.88 bits per heavy atom. The van der Waals surface area contributed by atoms with Crippen LogP contribution in [0.2, 0.25) is 0 Å². The van der Waals surface area contributed by atoms with E-state index in [0.29, 0.717) is 37.6 Å². The molecule has 1 saturated heterocycles. The molecule has 0 spiro atoms. The summed E-state index contributed by atoms with van der Waals surface area (Å²) in [5, 5.41) is 2.87. The minimum Gasteiger partial charge on any atom is -0.493 e. The van der Waals surface area contributed by atoms with Crippen molar-refractivity contribution in [3.63, 3.8) is 0 Å². The number of ether oxygens (including phenoxy) is 2. The lowest BCUT2D eigenvalue weighted by Gasteiger charge is -2.12. The van der Waals surface area contributed by atoms with Crippen LogP contribution in [0.1, 0.15) is 52.7 Å². The molecule has 0 unspecified atom stereocenters. The van der Waals surface area contributed by atoms with Crippen LogP contribution in [-0.4, -0.2) is 30.6 Å². The minimum atomic E-state index is -0.230. The van der Waals surface area contributed by atoms with Crippen molar-refractivity contribution < 1.29 is 18.7 Å². The van der Waals surface area contributed by atoms with E-state index in [1.54, 1.807) is 0 Å². The van der Waals surface area contributed by atoms with E-state index < -0.39 is 0 Å². The van der Waals surface area contributed by atoms with E-state index >= 15 is 0 Å². The number of oxazole rings is 1. The van der Waals surface area contributed by atoms with Gasteiger partial charge in [-0.1, -0.05) is 18.2 Å². The number of nitrogens with zero attached hydrogens (tertiary/aromatic N) is 1. The Bertz CT molecular complexity index is 700. The van der Waals surface area contributed by atoms with Crippen LogP contribution in [-0.2, 0) is 4.74 Å². The van der Waals surface area contributed by atoms with Gasteiger partial charge in [0, 0.05) is 13.2 Å². The molecule has 2 heterocycles. The molecule has 6 nitrogen and oxygen atoms in total. The summed E-state index contributed by atoms with van der Waals surface area (Å²) in [6.45, 7) is 5.82. The summed E-state index contributed by atoms with van der Waals surface area (Å²) in [6.07, 6.45) is 3.69. The lowest BCUT2D eigenvalue weighted by molar-refractivity contribution is 0.0860. The zero-order valence-corrected chi connectivity index (χ0v) is 14.7. The Labute approximate surface area is 147 Å². The van der Waals surface area contributed by atoms with Crippen LogP contribution in [0.5, 0.6) is 5.75 Å². The summed E-state index contributed by atoms with van der Waals surface area (Å²) < 4.78 is 16.8. The molecule has 1 amide bonds. The van der Waals surface area contributed by atoms with Crippen LogP contribution in [0, 0.1) is 13.8 Å². The third kappa shape index (κ3) is 4.20. The molecule has 0 saturated carbocycles. The molecule has 1 aliphatic heterocycles. The second-order valence-electron chi connectivity index (χ2n) is 6.25. The lowest BCUT2D eigenvalue weighted by Crippen LogP contribution is -2.27. The number of nitrogens with one attached hydrogen (secondary N) is 1. The highest BCUT2D eigenvalue weighted by molar-refractivity contribution is 5.93. The highest BCUT2D eigenvalue weighted by Crippen LogP contribution is 2.30. The van der Waals surface area contributed by atoms with Crippen molar-refractivity contribution >= 4 is 5.91 Å². The van der Waals surface area contributed by atoms with Gasteiger partial charge < -0.3 is 19.2 Å². The number of aromatic nitrogens is 1. The van der Waals surface area contributed by atoms with Gasteiger partial charge in [0.25, 0.3) is 5.91 Å². The second-order valence-corrected chi connectivity index (χ2v) is 6.25. The molecule has 3 rings (SSSR count). The van der Waals surface area contributed by atoms with Gasteiger partial charge in [-0.05, 0) is 44.2 Å².